The highest BCUT2D eigenvalue weighted by Crippen LogP contribution is 2.19. The van der Waals surface area contributed by atoms with E-state index in [1.165, 1.54) is 44.6 Å². The van der Waals surface area contributed by atoms with Gasteiger partial charge in [-0.1, -0.05) is 6.92 Å². The van der Waals surface area contributed by atoms with Crippen LogP contribution in [0, 0.1) is 5.92 Å². The smallest absolute Gasteiger partial charge is 0.0492 e. The average molecular weight is 278 g/mol. The minimum Gasteiger partial charge on any atom is -0.314 e. The van der Waals surface area contributed by atoms with Crippen LogP contribution in [0.15, 0.2) is 12.3 Å². The maximum atomic E-state index is 4.22. The summed E-state index contributed by atoms with van der Waals surface area (Å²) >= 11 is 0. The van der Waals surface area contributed by atoms with Crippen molar-refractivity contribution in [1.82, 2.24) is 20.0 Å². The Balaban J connectivity index is 1.71. The molecule has 2 atom stereocenters. The molecule has 0 saturated carbocycles. The first-order valence-corrected chi connectivity index (χ1v) is 8.13. The predicted molar refractivity (Wildman–Crippen MR) is 83.8 cm³/mol. The first-order chi connectivity index (χ1) is 9.70. The third-order valence-corrected chi connectivity index (χ3v) is 4.56. The van der Waals surface area contributed by atoms with E-state index in [0.29, 0.717) is 6.04 Å². The molecular formula is C16H30N4. The number of piperidine rings is 1. The van der Waals surface area contributed by atoms with E-state index in [4.69, 9.17) is 0 Å². The fourth-order valence-corrected chi connectivity index (χ4v) is 3.26. The number of nitrogens with zero attached hydrogens (tertiary/aromatic N) is 3. The lowest BCUT2D eigenvalue weighted by Gasteiger charge is -2.36. The SMILES string of the molecule is CCCN1CCCC(C(C)NCCc2ccnn2C)C1. The van der Waals surface area contributed by atoms with Crippen molar-refractivity contribution in [2.24, 2.45) is 13.0 Å². The Morgan fingerprint density at radius 1 is 1.50 bits per heavy atom. The van der Waals surface area contributed by atoms with Crippen molar-refractivity contribution in [3.05, 3.63) is 18.0 Å². The summed E-state index contributed by atoms with van der Waals surface area (Å²) in [5, 5.41) is 7.93. The highest BCUT2D eigenvalue weighted by atomic mass is 15.3. The van der Waals surface area contributed by atoms with Crippen LogP contribution in [0.5, 0.6) is 0 Å². The third kappa shape index (κ3) is 4.32. The van der Waals surface area contributed by atoms with Gasteiger partial charge in [0.05, 0.1) is 0 Å². The molecule has 0 bridgehead atoms. The summed E-state index contributed by atoms with van der Waals surface area (Å²) in [7, 11) is 2.02. The number of hydrogen-bond donors (Lipinski definition) is 1. The minimum atomic E-state index is 0.614. The molecule has 0 radical (unpaired) electrons. The second-order valence-corrected chi connectivity index (χ2v) is 6.14. The summed E-state index contributed by atoms with van der Waals surface area (Å²) in [6.07, 6.45) is 6.95. The van der Waals surface area contributed by atoms with Crippen LogP contribution in [-0.4, -0.2) is 46.9 Å². The molecule has 1 aliphatic rings. The Kier molecular flexibility index (Phi) is 6.05. The topological polar surface area (TPSA) is 33.1 Å². The Morgan fingerprint density at radius 2 is 2.35 bits per heavy atom. The average Bonchev–Trinajstić information content (AvgIpc) is 2.85. The molecule has 1 aliphatic heterocycles. The Bertz CT molecular complexity index is 386. The van der Waals surface area contributed by atoms with Crippen LogP contribution in [0.3, 0.4) is 0 Å². The van der Waals surface area contributed by atoms with Crippen molar-refractivity contribution in [1.29, 1.82) is 0 Å². The molecule has 0 aliphatic carbocycles. The van der Waals surface area contributed by atoms with Crippen LogP contribution in [0.25, 0.3) is 0 Å². The van der Waals surface area contributed by atoms with Gasteiger partial charge in [-0.25, -0.2) is 0 Å². The number of rotatable bonds is 7. The predicted octanol–water partition coefficient (Wildman–Crippen LogP) is 2.06. The Morgan fingerprint density at radius 3 is 3.05 bits per heavy atom. The summed E-state index contributed by atoms with van der Waals surface area (Å²) in [6, 6.07) is 2.72. The normalized spacial score (nSPS) is 22.1. The van der Waals surface area contributed by atoms with Crippen molar-refractivity contribution in [3.8, 4) is 0 Å². The van der Waals surface area contributed by atoms with Crippen molar-refractivity contribution >= 4 is 0 Å². The fourth-order valence-electron chi connectivity index (χ4n) is 3.26. The molecule has 1 fully saturated rings. The molecule has 0 amide bonds. The second-order valence-electron chi connectivity index (χ2n) is 6.14. The minimum absolute atomic E-state index is 0.614. The molecule has 4 nitrogen and oxygen atoms in total. The fraction of sp³-hybridized carbons (Fsp3) is 0.812. The van der Waals surface area contributed by atoms with Gasteiger partial charge in [0.25, 0.3) is 0 Å². The van der Waals surface area contributed by atoms with Crippen molar-refractivity contribution in [3.63, 3.8) is 0 Å². The van der Waals surface area contributed by atoms with Crippen LogP contribution in [0.2, 0.25) is 0 Å². The Hall–Kier alpha value is -0.870. The molecule has 4 heteroatoms. The van der Waals surface area contributed by atoms with Gasteiger partial charge in [0.15, 0.2) is 0 Å². The number of hydrogen-bond acceptors (Lipinski definition) is 3. The van der Waals surface area contributed by atoms with Gasteiger partial charge >= 0.3 is 0 Å². The van der Waals surface area contributed by atoms with Crippen LogP contribution in [-0.2, 0) is 13.5 Å². The summed E-state index contributed by atoms with van der Waals surface area (Å²) in [6.45, 7) is 9.51. The van der Waals surface area contributed by atoms with E-state index in [9.17, 15) is 0 Å². The molecular weight excluding hydrogens is 248 g/mol. The Labute approximate surface area is 123 Å². The zero-order valence-corrected chi connectivity index (χ0v) is 13.3. The highest BCUT2D eigenvalue weighted by Gasteiger charge is 2.23. The summed E-state index contributed by atoms with van der Waals surface area (Å²) in [5.74, 6) is 0.807. The van der Waals surface area contributed by atoms with Crippen LogP contribution in [0.4, 0.5) is 0 Å². The molecule has 0 spiro atoms. The first kappa shape index (κ1) is 15.5. The molecule has 114 valence electrons. The van der Waals surface area contributed by atoms with Gasteiger partial charge < -0.3 is 10.2 Å². The van der Waals surface area contributed by atoms with Gasteiger partial charge in [0, 0.05) is 44.5 Å². The lowest BCUT2D eigenvalue weighted by atomic mass is 9.91. The van der Waals surface area contributed by atoms with E-state index >= 15 is 0 Å². The summed E-state index contributed by atoms with van der Waals surface area (Å²) in [5.41, 5.74) is 1.31. The van der Waals surface area contributed by atoms with E-state index in [0.717, 1.165) is 18.9 Å². The van der Waals surface area contributed by atoms with Gasteiger partial charge in [-0.15, -0.1) is 0 Å². The third-order valence-electron chi connectivity index (χ3n) is 4.56. The molecule has 1 saturated heterocycles. The van der Waals surface area contributed by atoms with Crippen molar-refractivity contribution in [2.45, 2.75) is 45.6 Å². The molecule has 2 unspecified atom stereocenters. The van der Waals surface area contributed by atoms with Gasteiger partial charge in [-0.05, 0) is 51.3 Å². The second kappa shape index (κ2) is 7.79. The van der Waals surface area contributed by atoms with Crippen LogP contribution < -0.4 is 5.32 Å². The van der Waals surface area contributed by atoms with Crippen LogP contribution in [0.1, 0.15) is 38.8 Å². The number of aryl methyl sites for hydroxylation is 1. The molecule has 1 N–H and O–H groups in total. The van der Waals surface area contributed by atoms with E-state index in [2.05, 4.69) is 35.2 Å². The van der Waals surface area contributed by atoms with Crippen LogP contribution >= 0.6 is 0 Å². The molecule has 2 rings (SSSR count). The largest absolute Gasteiger partial charge is 0.314 e. The molecule has 1 aromatic rings. The van der Waals surface area contributed by atoms with E-state index in [1.54, 1.807) is 0 Å². The molecule has 1 aromatic heterocycles. The van der Waals surface area contributed by atoms with Crippen molar-refractivity contribution < 1.29 is 0 Å². The van der Waals surface area contributed by atoms with E-state index in [1.807, 2.05) is 17.9 Å². The highest BCUT2D eigenvalue weighted by molar-refractivity contribution is 5.00. The molecule has 0 aromatic carbocycles. The number of aromatic nitrogens is 2. The molecule has 20 heavy (non-hydrogen) atoms. The lowest BCUT2D eigenvalue weighted by Crippen LogP contribution is -2.45. The standard InChI is InChI=1S/C16H30N4/c1-4-11-20-12-5-6-15(13-20)14(2)17-9-7-16-8-10-18-19(16)3/h8,10,14-15,17H,4-7,9,11-13H2,1-3H3. The van der Waals surface area contributed by atoms with Gasteiger partial charge in [-0.3, -0.25) is 4.68 Å². The maximum Gasteiger partial charge on any atom is 0.0492 e. The van der Waals surface area contributed by atoms with Crippen molar-refractivity contribution in [2.75, 3.05) is 26.2 Å². The quantitative estimate of drug-likeness (QED) is 0.829. The van der Waals surface area contributed by atoms with E-state index < -0.39 is 0 Å². The number of nitrogens with one attached hydrogen (secondary N) is 1. The zero-order valence-electron chi connectivity index (χ0n) is 13.3. The van der Waals surface area contributed by atoms with E-state index in [-0.39, 0.29) is 0 Å². The number of likely N-dealkylation sites (tertiary alicyclic amines) is 1. The lowest BCUT2D eigenvalue weighted by molar-refractivity contribution is 0.151. The first-order valence-electron chi connectivity index (χ1n) is 8.13. The monoisotopic (exact) mass is 278 g/mol. The van der Waals surface area contributed by atoms with Gasteiger partial charge in [0.1, 0.15) is 0 Å². The van der Waals surface area contributed by atoms with Gasteiger partial charge in [0.2, 0.25) is 0 Å². The summed E-state index contributed by atoms with van der Waals surface area (Å²) < 4.78 is 1.97. The zero-order chi connectivity index (χ0) is 14.4. The molecule has 2 heterocycles. The maximum absolute atomic E-state index is 4.22. The van der Waals surface area contributed by atoms with Gasteiger partial charge in [-0.2, -0.15) is 5.10 Å². The summed E-state index contributed by atoms with van der Waals surface area (Å²) in [4.78, 5) is 2.63.